The van der Waals surface area contributed by atoms with Crippen LogP contribution in [0, 0.1) is 5.82 Å². The number of halogens is 1. The number of nitrogens with zero attached hydrogens (tertiary/aromatic N) is 3. The van der Waals surface area contributed by atoms with Crippen molar-refractivity contribution in [2.75, 3.05) is 31.1 Å². The summed E-state index contributed by atoms with van der Waals surface area (Å²) in [5.41, 5.74) is 0.790. The standard InChI is InChI=1S/C15H18FN3O2S2/c16-11-2-5-13-14(10-11)22-15(17-13)18-6-1-7-19(9-8-18)23(20,21)12-3-4-12/h2,5,10,12H,1,3-4,6-9H2. The Morgan fingerprint density at radius 2 is 2.00 bits per heavy atom. The molecule has 0 spiro atoms. The van der Waals surface area contributed by atoms with E-state index in [1.807, 2.05) is 0 Å². The lowest BCUT2D eigenvalue weighted by molar-refractivity contribution is 0.432. The van der Waals surface area contributed by atoms with Crippen LogP contribution >= 0.6 is 11.3 Å². The number of rotatable bonds is 3. The van der Waals surface area contributed by atoms with E-state index in [9.17, 15) is 12.8 Å². The smallest absolute Gasteiger partial charge is 0.217 e. The van der Waals surface area contributed by atoms with Crippen LogP contribution in [0.25, 0.3) is 10.2 Å². The number of anilines is 1. The molecule has 1 aromatic carbocycles. The Kier molecular flexibility index (Phi) is 3.78. The van der Waals surface area contributed by atoms with Gasteiger partial charge in [0.25, 0.3) is 0 Å². The molecule has 1 aromatic heterocycles. The van der Waals surface area contributed by atoms with Crippen LogP contribution in [0.3, 0.4) is 0 Å². The molecule has 1 saturated carbocycles. The minimum Gasteiger partial charge on any atom is -0.347 e. The number of hydrogen-bond donors (Lipinski definition) is 0. The fourth-order valence-electron chi connectivity index (χ4n) is 2.94. The molecule has 1 aliphatic carbocycles. The highest BCUT2D eigenvalue weighted by Gasteiger charge is 2.40. The van der Waals surface area contributed by atoms with Crippen molar-refractivity contribution >= 4 is 36.7 Å². The van der Waals surface area contributed by atoms with Gasteiger partial charge in [-0.3, -0.25) is 0 Å². The molecule has 2 heterocycles. The molecule has 5 nitrogen and oxygen atoms in total. The van der Waals surface area contributed by atoms with E-state index in [4.69, 9.17) is 0 Å². The van der Waals surface area contributed by atoms with Gasteiger partial charge in [-0.15, -0.1) is 0 Å². The van der Waals surface area contributed by atoms with E-state index in [0.717, 1.165) is 41.2 Å². The van der Waals surface area contributed by atoms with E-state index < -0.39 is 10.0 Å². The van der Waals surface area contributed by atoms with Crippen molar-refractivity contribution in [3.8, 4) is 0 Å². The fourth-order valence-corrected chi connectivity index (χ4v) is 5.85. The molecule has 0 amide bonds. The lowest BCUT2D eigenvalue weighted by Gasteiger charge is -2.21. The Morgan fingerprint density at radius 1 is 1.17 bits per heavy atom. The predicted octanol–water partition coefficient (Wildman–Crippen LogP) is 2.44. The van der Waals surface area contributed by atoms with E-state index >= 15 is 0 Å². The topological polar surface area (TPSA) is 53.5 Å². The minimum atomic E-state index is -3.11. The minimum absolute atomic E-state index is 0.153. The van der Waals surface area contributed by atoms with Gasteiger partial charge in [0, 0.05) is 26.2 Å². The maximum atomic E-state index is 13.3. The molecule has 0 bridgehead atoms. The van der Waals surface area contributed by atoms with Gasteiger partial charge in [-0.05, 0) is 37.5 Å². The van der Waals surface area contributed by atoms with Crippen LogP contribution in [-0.2, 0) is 10.0 Å². The molecule has 2 aromatic rings. The quantitative estimate of drug-likeness (QED) is 0.849. The molecule has 0 atom stereocenters. The van der Waals surface area contributed by atoms with Crippen LogP contribution < -0.4 is 4.90 Å². The Bertz CT molecular complexity index is 832. The molecular weight excluding hydrogens is 337 g/mol. The summed E-state index contributed by atoms with van der Waals surface area (Å²) in [5, 5.41) is 0.691. The highest BCUT2D eigenvalue weighted by Crippen LogP contribution is 2.33. The SMILES string of the molecule is O=S(=O)(C1CC1)N1CCCN(c2nc3ccc(F)cc3s2)CC1. The third kappa shape index (κ3) is 2.95. The van der Waals surface area contributed by atoms with E-state index in [1.165, 1.54) is 23.5 Å². The van der Waals surface area contributed by atoms with Crippen LogP contribution in [0.4, 0.5) is 9.52 Å². The van der Waals surface area contributed by atoms with E-state index in [-0.39, 0.29) is 11.1 Å². The van der Waals surface area contributed by atoms with Crippen molar-refractivity contribution in [2.45, 2.75) is 24.5 Å². The molecule has 4 rings (SSSR count). The third-order valence-corrected chi connectivity index (χ3v) is 7.85. The van der Waals surface area contributed by atoms with Crippen LogP contribution in [-0.4, -0.2) is 49.1 Å². The molecule has 0 radical (unpaired) electrons. The molecule has 0 N–H and O–H groups in total. The first-order valence-corrected chi connectivity index (χ1v) is 10.2. The van der Waals surface area contributed by atoms with Crippen molar-refractivity contribution in [1.82, 2.24) is 9.29 Å². The van der Waals surface area contributed by atoms with Gasteiger partial charge in [-0.1, -0.05) is 11.3 Å². The summed E-state index contributed by atoms with van der Waals surface area (Å²) >= 11 is 1.46. The predicted molar refractivity (Wildman–Crippen MR) is 89.9 cm³/mol. The Hall–Kier alpha value is -1.25. The van der Waals surface area contributed by atoms with E-state index in [1.54, 1.807) is 10.4 Å². The Labute approximate surface area is 138 Å². The zero-order chi connectivity index (χ0) is 16.0. The van der Waals surface area contributed by atoms with E-state index in [2.05, 4.69) is 9.88 Å². The normalized spacial score (nSPS) is 20.8. The summed E-state index contributed by atoms with van der Waals surface area (Å²) in [6, 6.07) is 4.60. The van der Waals surface area contributed by atoms with Gasteiger partial charge in [0.1, 0.15) is 5.82 Å². The number of sulfonamides is 1. The molecule has 0 unspecified atom stereocenters. The van der Waals surface area contributed by atoms with Crippen LogP contribution in [0.2, 0.25) is 0 Å². The molecule has 23 heavy (non-hydrogen) atoms. The van der Waals surface area contributed by atoms with Gasteiger partial charge in [0.15, 0.2) is 5.13 Å². The second kappa shape index (κ2) is 5.68. The molecule has 1 saturated heterocycles. The highest BCUT2D eigenvalue weighted by molar-refractivity contribution is 7.90. The summed E-state index contributed by atoms with van der Waals surface area (Å²) in [5.74, 6) is -0.259. The zero-order valence-corrected chi connectivity index (χ0v) is 14.2. The average molecular weight is 355 g/mol. The first-order chi connectivity index (χ1) is 11.0. The van der Waals surface area contributed by atoms with Gasteiger partial charge in [0.05, 0.1) is 15.5 Å². The summed E-state index contributed by atoms with van der Waals surface area (Å²) in [4.78, 5) is 6.68. The number of aromatic nitrogens is 1. The molecule has 124 valence electrons. The van der Waals surface area contributed by atoms with Gasteiger partial charge >= 0.3 is 0 Å². The number of hydrogen-bond acceptors (Lipinski definition) is 5. The van der Waals surface area contributed by atoms with Crippen molar-refractivity contribution in [3.63, 3.8) is 0 Å². The van der Waals surface area contributed by atoms with Gasteiger partial charge < -0.3 is 4.90 Å². The van der Waals surface area contributed by atoms with Gasteiger partial charge in [-0.25, -0.2) is 17.8 Å². The Morgan fingerprint density at radius 3 is 2.78 bits per heavy atom. The van der Waals surface area contributed by atoms with Crippen molar-refractivity contribution in [3.05, 3.63) is 24.0 Å². The van der Waals surface area contributed by atoms with Crippen molar-refractivity contribution in [2.24, 2.45) is 0 Å². The van der Waals surface area contributed by atoms with Crippen LogP contribution in [0.1, 0.15) is 19.3 Å². The van der Waals surface area contributed by atoms with Gasteiger partial charge in [-0.2, -0.15) is 4.31 Å². The fraction of sp³-hybridized carbons (Fsp3) is 0.533. The maximum absolute atomic E-state index is 13.3. The number of thiazole rings is 1. The number of benzene rings is 1. The zero-order valence-electron chi connectivity index (χ0n) is 12.6. The van der Waals surface area contributed by atoms with Gasteiger partial charge in [0.2, 0.25) is 10.0 Å². The molecule has 8 heteroatoms. The maximum Gasteiger partial charge on any atom is 0.217 e. The third-order valence-electron chi connectivity index (χ3n) is 4.37. The van der Waals surface area contributed by atoms with Crippen molar-refractivity contribution < 1.29 is 12.8 Å². The second-order valence-electron chi connectivity index (χ2n) is 6.09. The van der Waals surface area contributed by atoms with Crippen LogP contribution in [0.15, 0.2) is 18.2 Å². The van der Waals surface area contributed by atoms with Crippen molar-refractivity contribution in [1.29, 1.82) is 0 Å². The number of fused-ring (bicyclic) bond motifs is 1. The first kappa shape index (κ1) is 15.3. The summed E-state index contributed by atoms with van der Waals surface area (Å²) in [7, 11) is -3.11. The second-order valence-corrected chi connectivity index (χ2v) is 9.31. The van der Waals surface area contributed by atoms with E-state index in [0.29, 0.717) is 19.6 Å². The monoisotopic (exact) mass is 355 g/mol. The average Bonchev–Trinajstić information content (AvgIpc) is 3.31. The molecule has 1 aliphatic heterocycles. The highest BCUT2D eigenvalue weighted by atomic mass is 32.2. The largest absolute Gasteiger partial charge is 0.347 e. The summed E-state index contributed by atoms with van der Waals surface area (Å²) in [6.45, 7) is 2.49. The molecular formula is C15H18FN3O2S2. The molecule has 2 fully saturated rings. The molecule has 2 aliphatic rings. The summed E-state index contributed by atoms with van der Waals surface area (Å²) in [6.07, 6.45) is 2.38. The summed E-state index contributed by atoms with van der Waals surface area (Å²) < 4.78 is 40.5. The lowest BCUT2D eigenvalue weighted by Crippen LogP contribution is -2.37. The van der Waals surface area contributed by atoms with Crippen LogP contribution in [0.5, 0.6) is 0 Å². The Balaban J connectivity index is 1.53. The first-order valence-electron chi connectivity index (χ1n) is 7.84. The lowest BCUT2D eigenvalue weighted by atomic mass is 10.3.